The molecule has 2 aliphatic heterocycles. The third kappa shape index (κ3) is 6.03. The van der Waals surface area contributed by atoms with E-state index in [0.29, 0.717) is 30.3 Å². The summed E-state index contributed by atoms with van der Waals surface area (Å²) in [4.78, 5) is 16.5. The number of hydrogen-bond acceptors (Lipinski definition) is 9. The molecule has 0 fully saturated rings. The maximum atomic E-state index is 12.6. The van der Waals surface area contributed by atoms with Gasteiger partial charge in [-0.15, -0.1) is 5.10 Å². The van der Waals surface area contributed by atoms with Crippen molar-refractivity contribution in [3.8, 4) is 17.2 Å². The van der Waals surface area contributed by atoms with Crippen LogP contribution in [0, 0.1) is 12.3 Å². The van der Waals surface area contributed by atoms with Gasteiger partial charge >= 0.3 is 0 Å². The number of thioether (sulfide) groups is 1. The summed E-state index contributed by atoms with van der Waals surface area (Å²) >= 11 is 0.738. The Kier molecular flexibility index (Phi) is 7.69. The van der Waals surface area contributed by atoms with Gasteiger partial charge in [0, 0.05) is 6.26 Å². The maximum Gasteiger partial charge on any atom is 0.283 e. The molecular weight excluding hydrogens is 516 g/mol. The molecule has 4 rings (SSSR count). The van der Waals surface area contributed by atoms with Crippen LogP contribution in [0.5, 0.6) is 17.2 Å². The van der Waals surface area contributed by atoms with Gasteiger partial charge in [-0.05, 0) is 72.1 Å². The SMILES string of the molecule is CCc1cc(C)cc(OCCOc2ccc(/C=C3\C(=N)N4N=C(S(C)(=O)=O)SC4=NC3=O)cc2OC)c1. The van der Waals surface area contributed by atoms with Crippen LogP contribution in [0.15, 0.2) is 52.1 Å². The van der Waals surface area contributed by atoms with Gasteiger partial charge in [-0.2, -0.15) is 10.0 Å². The second kappa shape index (κ2) is 10.8. The van der Waals surface area contributed by atoms with E-state index in [-0.39, 0.29) is 21.0 Å². The second-order valence-corrected chi connectivity index (χ2v) is 11.4. The highest BCUT2D eigenvalue weighted by Gasteiger charge is 2.38. The van der Waals surface area contributed by atoms with Gasteiger partial charge < -0.3 is 14.2 Å². The molecule has 0 bridgehead atoms. The Labute approximate surface area is 219 Å². The normalized spacial score (nSPS) is 16.4. The zero-order valence-electron chi connectivity index (χ0n) is 20.8. The lowest BCUT2D eigenvalue weighted by atomic mass is 10.1. The van der Waals surface area contributed by atoms with Crippen molar-refractivity contribution in [1.82, 2.24) is 5.01 Å². The van der Waals surface area contributed by atoms with Gasteiger partial charge in [0.15, 0.2) is 17.3 Å². The number of amides is 1. The monoisotopic (exact) mass is 542 g/mol. The highest BCUT2D eigenvalue weighted by atomic mass is 32.3. The molecule has 0 saturated carbocycles. The fourth-order valence-corrected chi connectivity index (χ4v) is 5.29. The zero-order chi connectivity index (χ0) is 26.7. The summed E-state index contributed by atoms with van der Waals surface area (Å²) in [5, 5.41) is 13.4. The fourth-order valence-electron chi connectivity index (χ4n) is 3.61. The van der Waals surface area contributed by atoms with Gasteiger partial charge in [0.05, 0.1) is 12.7 Å². The Morgan fingerprint density at radius 1 is 1.11 bits per heavy atom. The van der Waals surface area contributed by atoms with Crippen LogP contribution in [0.1, 0.15) is 23.6 Å². The molecule has 0 aliphatic carbocycles. The average Bonchev–Trinajstić information content (AvgIpc) is 3.29. The number of aryl methyl sites for hydroxylation is 2. The molecule has 2 aromatic rings. The van der Waals surface area contributed by atoms with Crippen molar-refractivity contribution in [1.29, 1.82) is 5.41 Å². The van der Waals surface area contributed by atoms with Crippen LogP contribution in [0.2, 0.25) is 0 Å². The number of carbonyl (C=O) groups excluding carboxylic acids is 1. The van der Waals surface area contributed by atoms with E-state index in [1.165, 1.54) is 18.7 Å². The zero-order valence-corrected chi connectivity index (χ0v) is 22.4. The van der Waals surface area contributed by atoms with Gasteiger partial charge in [0.25, 0.3) is 5.91 Å². The van der Waals surface area contributed by atoms with Gasteiger partial charge in [0.1, 0.15) is 19.0 Å². The number of benzene rings is 2. The first-order valence-electron chi connectivity index (χ1n) is 11.3. The molecule has 12 heteroatoms. The van der Waals surface area contributed by atoms with E-state index in [0.717, 1.165) is 40.8 Å². The highest BCUT2D eigenvalue weighted by Crippen LogP contribution is 2.32. The predicted molar refractivity (Wildman–Crippen MR) is 144 cm³/mol. The summed E-state index contributed by atoms with van der Waals surface area (Å²) in [7, 11) is -2.10. The molecule has 1 N–H and O–H groups in total. The van der Waals surface area contributed by atoms with E-state index in [2.05, 4.69) is 23.1 Å². The lowest BCUT2D eigenvalue weighted by Crippen LogP contribution is -2.35. The van der Waals surface area contributed by atoms with Crippen LogP contribution in [0.25, 0.3) is 6.08 Å². The smallest absolute Gasteiger partial charge is 0.283 e. The summed E-state index contributed by atoms with van der Waals surface area (Å²) in [5.41, 5.74) is 2.88. The molecule has 0 unspecified atom stereocenters. The number of nitrogens with one attached hydrogen (secondary N) is 1. The number of rotatable bonds is 8. The Hall–Kier alpha value is -3.64. The first-order chi connectivity index (χ1) is 17.6. The Morgan fingerprint density at radius 3 is 2.57 bits per heavy atom. The third-order valence-electron chi connectivity index (χ3n) is 5.38. The Bertz CT molecular complexity index is 1460. The number of aliphatic imine (C=N–C) groups is 1. The molecule has 1 amide bonds. The van der Waals surface area contributed by atoms with E-state index in [1.807, 2.05) is 19.1 Å². The van der Waals surface area contributed by atoms with E-state index >= 15 is 0 Å². The number of hydrogen-bond donors (Lipinski definition) is 1. The number of methoxy groups -OCH3 is 1. The molecule has 0 spiro atoms. The molecule has 2 aromatic carbocycles. The van der Waals surface area contributed by atoms with E-state index in [4.69, 9.17) is 19.6 Å². The summed E-state index contributed by atoms with van der Waals surface area (Å²) in [6.45, 7) is 4.76. The van der Waals surface area contributed by atoms with Crippen LogP contribution in [0.3, 0.4) is 0 Å². The lowest BCUT2D eigenvalue weighted by molar-refractivity contribution is -0.114. The Morgan fingerprint density at radius 2 is 1.86 bits per heavy atom. The van der Waals surface area contributed by atoms with Crippen molar-refractivity contribution < 1.29 is 27.4 Å². The van der Waals surface area contributed by atoms with E-state index < -0.39 is 15.7 Å². The summed E-state index contributed by atoms with van der Waals surface area (Å²) in [5.74, 6) is 0.804. The molecule has 10 nitrogen and oxygen atoms in total. The number of nitrogens with zero attached hydrogens (tertiary/aromatic N) is 3. The number of fused-ring (bicyclic) bond motifs is 1. The number of sulfone groups is 1. The molecule has 2 aliphatic rings. The highest BCUT2D eigenvalue weighted by molar-refractivity contribution is 8.42. The molecular formula is C25H26N4O6S2. The third-order valence-corrected chi connectivity index (χ3v) is 7.96. The van der Waals surface area contributed by atoms with Crippen LogP contribution in [-0.4, -0.2) is 61.3 Å². The predicted octanol–water partition coefficient (Wildman–Crippen LogP) is 3.65. The minimum atomic E-state index is -3.60. The van der Waals surface area contributed by atoms with Crippen molar-refractivity contribution in [3.05, 3.63) is 58.7 Å². The minimum Gasteiger partial charge on any atom is -0.493 e. The van der Waals surface area contributed by atoms with Crippen LogP contribution in [0.4, 0.5) is 0 Å². The van der Waals surface area contributed by atoms with Crippen molar-refractivity contribution in [3.63, 3.8) is 0 Å². The molecule has 2 heterocycles. The number of hydrazone groups is 1. The standard InChI is InChI=1S/C25H26N4O6S2/c1-5-16-10-15(2)11-18(12-16)34-8-9-35-20-7-6-17(14-21(20)33-3)13-19-22(26)29-24(27-23(19)30)36-25(28-29)37(4,31)32/h6-7,10-14,26H,5,8-9H2,1-4H3/b19-13+,26-22?. The molecule has 37 heavy (non-hydrogen) atoms. The Balaban J connectivity index is 1.45. The van der Waals surface area contributed by atoms with Crippen molar-refractivity contribution in [2.75, 3.05) is 26.6 Å². The van der Waals surface area contributed by atoms with Crippen molar-refractivity contribution in [2.45, 2.75) is 20.3 Å². The number of carbonyl (C=O) groups is 1. The van der Waals surface area contributed by atoms with Crippen molar-refractivity contribution >= 4 is 49.0 Å². The lowest BCUT2D eigenvalue weighted by Gasteiger charge is -2.20. The first kappa shape index (κ1) is 26.4. The van der Waals surface area contributed by atoms with Crippen LogP contribution < -0.4 is 14.2 Å². The van der Waals surface area contributed by atoms with Gasteiger partial charge in [-0.25, -0.2) is 8.42 Å². The van der Waals surface area contributed by atoms with Crippen molar-refractivity contribution in [2.24, 2.45) is 10.1 Å². The maximum absolute atomic E-state index is 12.6. The van der Waals surface area contributed by atoms with Gasteiger partial charge in [0.2, 0.25) is 19.4 Å². The van der Waals surface area contributed by atoms with Gasteiger partial charge in [-0.3, -0.25) is 10.2 Å². The van der Waals surface area contributed by atoms with E-state index in [1.54, 1.807) is 18.2 Å². The fraction of sp³-hybridized carbons (Fsp3) is 0.280. The van der Waals surface area contributed by atoms with E-state index in [9.17, 15) is 13.2 Å². The largest absolute Gasteiger partial charge is 0.493 e. The summed E-state index contributed by atoms with van der Waals surface area (Å²) < 4.78 is 40.5. The average molecular weight is 543 g/mol. The number of ether oxygens (including phenoxy) is 3. The summed E-state index contributed by atoms with van der Waals surface area (Å²) in [6.07, 6.45) is 3.41. The van der Waals surface area contributed by atoms with Crippen LogP contribution >= 0.6 is 11.8 Å². The number of amidine groups is 2. The quantitative estimate of drug-likeness (QED) is 0.395. The van der Waals surface area contributed by atoms with Gasteiger partial charge in [-0.1, -0.05) is 19.1 Å². The minimum absolute atomic E-state index is 0.0309. The summed E-state index contributed by atoms with van der Waals surface area (Å²) in [6, 6.07) is 11.2. The topological polar surface area (TPSA) is 131 Å². The molecule has 0 radical (unpaired) electrons. The molecule has 194 valence electrons. The molecule has 0 saturated heterocycles. The molecule has 0 aromatic heterocycles. The second-order valence-electron chi connectivity index (χ2n) is 8.27. The first-order valence-corrected chi connectivity index (χ1v) is 14.0. The molecule has 0 atom stereocenters. The van der Waals surface area contributed by atoms with Crippen LogP contribution in [-0.2, 0) is 21.1 Å².